The number of amides is 4. The standard InChI is InChI=1S/C34H30N2O4/c1-35-29(37)32(30(38)36(2)31(35)39)23-33(25-15-7-3-8-16-25,26-17-9-4-10-18-26)40-34(24-32,27-19-11-5-12-20-27)28-21-13-6-14-22-28/h3-22H,23-24H2,1-2H3. The molecule has 0 radical (unpaired) electrons. The molecular formula is C34H30N2O4. The van der Waals surface area contributed by atoms with Crippen molar-refractivity contribution in [1.82, 2.24) is 9.80 Å². The number of hydrogen-bond donors (Lipinski definition) is 0. The fourth-order valence-corrected chi connectivity index (χ4v) is 6.52. The average Bonchev–Trinajstić information content (AvgIpc) is 3.03. The Morgan fingerprint density at radius 1 is 0.500 bits per heavy atom. The van der Waals surface area contributed by atoms with Gasteiger partial charge in [0.15, 0.2) is 0 Å². The second-order valence-electron chi connectivity index (χ2n) is 10.7. The summed E-state index contributed by atoms with van der Waals surface area (Å²) in [6, 6.07) is 38.4. The van der Waals surface area contributed by atoms with E-state index in [0.717, 1.165) is 32.1 Å². The van der Waals surface area contributed by atoms with Gasteiger partial charge in [-0.2, -0.15) is 0 Å². The van der Waals surface area contributed by atoms with Crippen molar-refractivity contribution in [2.24, 2.45) is 5.41 Å². The van der Waals surface area contributed by atoms with E-state index in [4.69, 9.17) is 4.74 Å². The highest BCUT2D eigenvalue weighted by molar-refractivity contribution is 6.19. The van der Waals surface area contributed by atoms with Crippen LogP contribution in [0.1, 0.15) is 35.1 Å². The summed E-state index contributed by atoms with van der Waals surface area (Å²) in [7, 11) is 2.90. The first-order valence-corrected chi connectivity index (χ1v) is 13.4. The van der Waals surface area contributed by atoms with E-state index in [1.54, 1.807) is 0 Å². The normalized spacial score (nSPS) is 19.6. The molecule has 2 saturated heterocycles. The first-order chi connectivity index (χ1) is 19.3. The molecule has 200 valence electrons. The zero-order valence-electron chi connectivity index (χ0n) is 22.5. The minimum atomic E-state index is -1.59. The van der Waals surface area contributed by atoms with Gasteiger partial charge in [0, 0.05) is 26.9 Å². The molecule has 6 nitrogen and oxygen atoms in total. The highest BCUT2D eigenvalue weighted by atomic mass is 16.5. The molecule has 1 spiro atoms. The largest absolute Gasteiger partial charge is 0.350 e. The summed E-state index contributed by atoms with van der Waals surface area (Å²) in [5.41, 5.74) is -0.732. The molecule has 0 atom stereocenters. The van der Waals surface area contributed by atoms with Crippen LogP contribution in [0, 0.1) is 5.41 Å². The molecule has 0 aliphatic carbocycles. The molecule has 2 heterocycles. The minimum Gasteiger partial charge on any atom is -0.350 e. The minimum absolute atomic E-state index is 0.0368. The summed E-state index contributed by atoms with van der Waals surface area (Å²) in [5, 5.41) is 0. The Morgan fingerprint density at radius 3 is 1.05 bits per heavy atom. The lowest BCUT2D eigenvalue weighted by atomic mass is 9.59. The molecule has 0 saturated carbocycles. The quantitative estimate of drug-likeness (QED) is 0.317. The molecule has 0 bridgehead atoms. The van der Waals surface area contributed by atoms with E-state index in [9.17, 15) is 14.4 Å². The highest BCUT2D eigenvalue weighted by Crippen LogP contribution is 2.60. The number of carbonyl (C=O) groups is 3. The third kappa shape index (κ3) is 3.71. The van der Waals surface area contributed by atoms with Gasteiger partial charge in [-0.25, -0.2) is 4.79 Å². The van der Waals surface area contributed by atoms with Crippen LogP contribution in [0.5, 0.6) is 0 Å². The second-order valence-corrected chi connectivity index (χ2v) is 10.7. The number of rotatable bonds is 4. The van der Waals surface area contributed by atoms with E-state index < -0.39 is 34.5 Å². The van der Waals surface area contributed by atoms with Gasteiger partial charge in [0.05, 0.1) is 0 Å². The van der Waals surface area contributed by atoms with Crippen LogP contribution in [-0.2, 0) is 25.5 Å². The number of nitrogens with zero attached hydrogens (tertiary/aromatic N) is 2. The summed E-state index contributed by atoms with van der Waals surface area (Å²) in [6.07, 6.45) is 0.0736. The molecule has 0 N–H and O–H groups in total. The number of carbonyl (C=O) groups excluding carboxylic acids is 3. The summed E-state index contributed by atoms with van der Waals surface area (Å²) in [5.74, 6) is -1.03. The lowest BCUT2D eigenvalue weighted by Gasteiger charge is -2.57. The zero-order chi connectivity index (χ0) is 28.0. The van der Waals surface area contributed by atoms with E-state index in [2.05, 4.69) is 0 Å². The molecule has 4 amide bonds. The van der Waals surface area contributed by atoms with Gasteiger partial charge in [-0.1, -0.05) is 121 Å². The number of benzene rings is 4. The third-order valence-electron chi connectivity index (χ3n) is 8.41. The van der Waals surface area contributed by atoms with Crippen LogP contribution in [0.4, 0.5) is 4.79 Å². The van der Waals surface area contributed by atoms with Crippen LogP contribution in [0.2, 0.25) is 0 Å². The van der Waals surface area contributed by atoms with Crippen molar-refractivity contribution in [3.8, 4) is 0 Å². The van der Waals surface area contributed by atoms with Gasteiger partial charge >= 0.3 is 6.03 Å². The molecule has 0 aromatic heterocycles. The van der Waals surface area contributed by atoms with Crippen molar-refractivity contribution in [3.05, 3.63) is 144 Å². The fourth-order valence-electron chi connectivity index (χ4n) is 6.52. The van der Waals surface area contributed by atoms with Crippen LogP contribution < -0.4 is 0 Å². The summed E-state index contributed by atoms with van der Waals surface area (Å²) in [4.78, 5) is 43.9. The highest BCUT2D eigenvalue weighted by Gasteiger charge is 2.67. The first-order valence-electron chi connectivity index (χ1n) is 13.4. The molecule has 6 heteroatoms. The van der Waals surface area contributed by atoms with Crippen LogP contribution in [0.3, 0.4) is 0 Å². The van der Waals surface area contributed by atoms with Crippen molar-refractivity contribution in [3.63, 3.8) is 0 Å². The van der Waals surface area contributed by atoms with E-state index in [1.165, 1.54) is 14.1 Å². The topological polar surface area (TPSA) is 66.9 Å². The summed E-state index contributed by atoms with van der Waals surface area (Å²) >= 11 is 0. The predicted molar refractivity (Wildman–Crippen MR) is 151 cm³/mol. The van der Waals surface area contributed by atoms with Crippen LogP contribution in [0.25, 0.3) is 0 Å². The molecule has 4 aromatic carbocycles. The van der Waals surface area contributed by atoms with Crippen molar-refractivity contribution in [2.75, 3.05) is 14.1 Å². The number of barbiturate groups is 1. The Labute approximate surface area is 233 Å². The van der Waals surface area contributed by atoms with Crippen molar-refractivity contribution >= 4 is 17.8 Å². The van der Waals surface area contributed by atoms with Gasteiger partial charge < -0.3 is 4.74 Å². The molecule has 2 aliphatic rings. The molecule has 0 unspecified atom stereocenters. The van der Waals surface area contributed by atoms with E-state index in [1.807, 2.05) is 121 Å². The first kappa shape index (κ1) is 25.7. The Balaban J connectivity index is 1.74. The van der Waals surface area contributed by atoms with Crippen molar-refractivity contribution in [1.29, 1.82) is 0 Å². The van der Waals surface area contributed by atoms with Gasteiger partial charge in [0.25, 0.3) is 0 Å². The Morgan fingerprint density at radius 2 is 0.775 bits per heavy atom. The van der Waals surface area contributed by atoms with Crippen LogP contribution >= 0.6 is 0 Å². The number of urea groups is 1. The Hall–Kier alpha value is -4.55. The second kappa shape index (κ2) is 9.57. The number of hydrogen-bond acceptors (Lipinski definition) is 4. The Bertz CT molecular complexity index is 1360. The summed E-state index contributed by atoms with van der Waals surface area (Å²) < 4.78 is 7.50. The maximum absolute atomic E-state index is 14.4. The van der Waals surface area contributed by atoms with Gasteiger partial charge in [-0.15, -0.1) is 0 Å². The van der Waals surface area contributed by atoms with Crippen molar-refractivity contribution in [2.45, 2.75) is 24.0 Å². The Kier molecular flexibility index (Phi) is 6.15. The van der Waals surface area contributed by atoms with Gasteiger partial charge in [0.1, 0.15) is 16.6 Å². The molecule has 40 heavy (non-hydrogen) atoms. The van der Waals surface area contributed by atoms with Crippen molar-refractivity contribution < 1.29 is 19.1 Å². The van der Waals surface area contributed by atoms with Crippen LogP contribution in [-0.4, -0.2) is 41.7 Å². The predicted octanol–water partition coefficient (Wildman–Crippen LogP) is 5.72. The van der Waals surface area contributed by atoms with Gasteiger partial charge in [-0.3, -0.25) is 19.4 Å². The molecular weight excluding hydrogens is 500 g/mol. The van der Waals surface area contributed by atoms with Gasteiger partial charge in [0.2, 0.25) is 11.8 Å². The fraction of sp³-hybridized carbons (Fsp3) is 0.206. The molecule has 2 fully saturated rings. The molecule has 2 aliphatic heterocycles. The lowest BCUT2D eigenvalue weighted by Crippen LogP contribution is -2.68. The number of ether oxygens (including phenoxy) is 1. The lowest BCUT2D eigenvalue weighted by molar-refractivity contribution is -0.214. The SMILES string of the molecule is CN1C(=O)N(C)C(=O)C2(CC(c3ccccc3)(c3ccccc3)OC(c3ccccc3)(c3ccccc3)C2)C1=O. The zero-order valence-corrected chi connectivity index (χ0v) is 22.5. The van der Waals surface area contributed by atoms with E-state index >= 15 is 0 Å². The van der Waals surface area contributed by atoms with E-state index in [0.29, 0.717) is 0 Å². The smallest absolute Gasteiger partial charge is 0.332 e. The number of imide groups is 2. The molecule has 6 rings (SSSR count). The molecule has 4 aromatic rings. The average molecular weight is 531 g/mol. The maximum Gasteiger partial charge on any atom is 0.332 e. The van der Waals surface area contributed by atoms with Gasteiger partial charge in [-0.05, 0) is 22.3 Å². The monoisotopic (exact) mass is 530 g/mol. The third-order valence-corrected chi connectivity index (χ3v) is 8.41. The summed E-state index contributed by atoms with van der Waals surface area (Å²) in [6.45, 7) is 0. The maximum atomic E-state index is 14.4. The van der Waals surface area contributed by atoms with Crippen LogP contribution in [0.15, 0.2) is 121 Å². The van der Waals surface area contributed by atoms with E-state index in [-0.39, 0.29) is 12.8 Å².